The molecule has 0 amide bonds. The number of hydrogen-bond donors (Lipinski definition) is 1. The van der Waals surface area contributed by atoms with Crippen molar-refractivity contribution in [2.24, 2.45) is 0 Å². The molecule has 0 aromatic heterocycles. The van der Waals surface area contributed by atoms with Gasteiger partial charge in [-0.15, -0.1) is 0 Å². The first-order valence-electron chi connectivity index (χ1n) is 6.45. The van der Waals surface area contributed by atoms with Crippen LogP contribution in [0.15, 0.2) is 47.4 Å². The van der Waals surface area contributed by atoms with Gasteiger partial charge in [0, 0.05) is 28.5 Å². The van der Waals surface area contributed by atoms with Crippen LogP contribution in [0, 0.1) is 17.0 Å². The van der Waals surface area contributed by atoms with Gasteiger partial charge in [-0.1, -0.05) is 12.1 Å². The van der Waals surface area contributed by atoms with Gasteiger partial charge in [-0.05, 0) is 42.7 Å². The van der Waals surface area contributed by atoms with Gasteiger partial charge >= 0.3 is 0 Å². The number of nitro benzene ring substituents is 1. The molecule has 6 heteroatoms. The Morgan fingerprint density at radius 2 is 1.86 bits per heavy atom. The molecule has 21 heavy (non-hydrogen) atoms. The topological polar surface area (TPSA) is 86.2 Å². The molecule has 0 aliphatic heterocycles. The summed E-state index contributed by atoms with van der Waals surface area (Å²) in [5, 5.41) is 10.6. The van der Waals surface area contributed by atoms with E-state index in [-0.39, 0.29) is 5.69 Å². The van der Waals surface area contributed by atoms with E-state index in [1.54, 1.807) is 24.3 Å². The maximum Gasteiger partial charge on any atom is 0.269 e. The minimum Gasteiger partial charge on any atom is -0.399 e. The summed E-state index contributed by atoms with van der Waals surface area (Å²) in [4.78, 5) is 10.9. The van der Waals surface area contributed by atoms with Gasteiger partial charge in [0.15, 0.2) is 0 Å². The van der Waals surface area contributed by atoms with Gasteiger partial charge in [0.25, 0.3) is 5.69 Å². The first kappa shape index (κ1) is 15.2. The lowest BCUT2D eigenvalue weighted by Crippen LogP contribution is -2.03. The normalized spacial score (nSPS) is 12.0. The molecule has 0 aliphatic carbocycles. The monoisotopic (exact) mass is 304 g/mol. The van der Waals surface area contributed by atoms with Crippen molar-refractivity contribution in [2.45, 2.75) is 18.2 Å². The Morgan fingerprint density at radius 3 is 2.43 bits per heavy atom. The van der Waals surface area contributed by atoms with Crippen LogP contribution in [0.1, 0.15) is 11.1 Å². The van der Waals surface area contributed by atoms with Gasteiger partial charge < -0.3 is 5.73 Å². The molecule has 0 spiro atoms. The zero-order chi connectivity index (χ0) is 15.4. The third-order valence-electron chi connectivity index (χ3n) is 3.23. The summed E-state index contributed by atoms with van der Waals surface area (Å²) in [5.74, 6) is 0.473. The summed E-state index contributed by atoms with van der Waals surface area (Å²) < 4.78 is 12.2. The maximum absolute atomic E-state index is 12.2. The minimum absolute atomic E-state index is 0.0639. The van der Waals surface area contributed by atoms with Crippen LogP contribution in [0.25, 0.3) is 0 Å². The Bertz CT molecular complexity index is 684. The molecule has 2 aromatic rings. The summed E-state index contributed by atoms with van der Waals surface area (Å²) in [7, 11) is -1.11. The molecule has 0 heterocycles. The maximum atomic E-state index is 12.2. The molecule has 2 N–H and O–H groups in total. The van der Waals surface area contributed by atoms with Gasteiger partial charge in [0.05, 0.1) is 15.7 Å². The number of benzene rings is 2. The predicted octanol–water partition coefficient (Wildman–Crippen LogP) is 2.84. The van der Waals surface area contributed by atoms with Crippen molar-refractivity contribution in [2.75, 3.05) is 11.5 Å². The van der Waals surface area contributed by atoms with Gasteiger partial charge in [0.1, 0.15) is 0 Å². The summed E-state index contributed by atoms with van der Waals surface area (Å²) in [6, 6.07) is 11.7. The average molecular weight is 304 g/mol. The summed E-state index contributed by atoms with van der Waals surface area (Å²) >= 11 is 0. The summed E-state index contributed by atoms with van der Waals surface area (Å²) in [6.45, 7) is 1.88. The molecule has 0 saturated heterocycles. The largest absolute Gasteiger partial charge is 0.399 e. The average Bonchev–Trinajstić information content (AvgIpc) is 2.48. The molecule has 0 saturated carbocycles. The van der Waals surface area contributed by atoms with Crippen molar-refractivity contribution in [1.82, 2.24) is 0 Å². The molecular formula is C15H16N2O3S. The highest BCUT2D eigenvalue weighted by Gasteiger charge is 2.08. The van der Waals surface area contributed by atoms with E-state index in [2.05, 4.69) is 0 Å². The smallest absolute Gasteiger partial charge is 0.269 e. The molecule has 1 atom stereocenters. The van der Waals surface area contributed by atoms with Crippen LogP contribution in [0.2, 0.25) is 0 Å². The number of nitro groups is 1. The van der Waals surface area contributed by atoms with Crippen molar-refractivity contribution in [1.29, 1.82) is 0 Å². The molecule has 0 aliphatic rings. The second-order valence-electron chi connectivity index (χ2n) is 4.74. The second-order valence-corrected chi connectivity index (χ2v) is 6.31. The number of non-ortho nitro benzene ring substituents is 1. The van der Waals surface area contributed by atoms with E-state index in [4.69, 9.17) is 5.73 Å². The van der Waals surface area contributed by atoms with Crippen molar-refractivity contribution < 1.29 is 9.13 Å². The van der Waals surface area contributed by atoms with E-state index < -0.39 is 15.7 Å². The van der Waals surface area contributed by atoms with E-state index in [1.807, 2.05) is 13.0 Å². The fourth-order valence-corrected chi connectivity index (χ4v) is 3.09. The molecule has 5 nitrogen and oxygen atoms in total. The van der Waals surface area contributed by atoms with Crippen LogP contribution in [0.5, 0.6) is 0 Å². The third kappa shape index (κ3) is 3.88. The van der Waals surface area contributed by atoms with E-state index in [0.717, 1.165) is 16.0 Å². The van der Waals surface area contributed by atoms with E-state index in [9.17, 15) is 14.3 Å². The molecule has 2 aromatic carbocycles. The highest BCUT2D eigenvalue weighted by Crippen LogP contribution is 2.17. The summed E-state index contributed by atoms with van der Waals surface area (Å²) in [6.07, 6.45) is 0.605. The molecule has 2 rings (SSSR count). The van der Waals surface area contributed by atoms with E-state index in [1.165, 1.54) is 12.1 Å². The zero-order valence-corrected chi connectivity index (χ0v) is 12.4. The number of rotatable bonds is 5. The lowest BCUT2D eigenvalue weighted by molar-refractivity contribution is -0.384. The lowest BCUT2D eigenvalue weighted by Gasteiger charge is -2.05. The van der Waals surface area contributed by atoms with Crippen molar-refractivity contribution in [3.8, 4) is 0 Å². The number of nitrogen functional groups attached to an aromatic ring is 1. The van der Waals surface area contributed by atoms with Crippen molar-refractivity contribution in [3.05, 3.63) is 63.7 Å². The van der Waals surface area contributed by atoms with Gasteiger partial charge in [-0.25, -0.2) is 0 Å². The Hall–Kier alpha value is -2.21. The number of aryl methyl sites for hydroxylation is 2. The van der Waals surface area contributed by atoms with Crippen molar-refractivity contribution >= 4 is 22.2 Å². The van der Waals surface area contributed by atoms with Crippen LogP contribution in [-0.2, 0) is 17.2 Å². The molecule has 110 valence electrons. The van der Waals surface area contributed by atoms with Crippen LogP contribution >= 0.6 is 0 Å². The van der Waals surface area contributed by atoms with Gasteiger partial charge in [-0.3, -0.25) is 14.3 Å². The molecule has 1 unspecified atom stereocenters. The predicted molar refractivity (Wildman–Crippen MR) is 83.7 cm³/mol. The molecule has 0 radical (unpaired) electrons. The Labute approximate surface area is 125 Å². The van der Waals surface area contributed by atoms with Crippen molar-refractivity contribution in [3.63, 3.8) is 0 Å². The Morgan fingerprint density at radius 1 is 1.19 bits per heavy atom. The second kappa shape index (κ2) is 6.49. The highest BCUT2D eigenvalue weighted by molar-refractivity contribution is 7.85. The van der Waals surface area contributed by atoms with Gasteiger partial charge in [0.2, 0.25) is 0 Å². The third-order valence-corrected chi connectivity index (χ3v) is 4.58. The minimum atomic E-state index is -1.11. The van der Waals surface area contributed by atoms with Crippen LogP contribution in [0.3, 0.4) is 0 Å². The molecule has 0 fully saturated rings. The summed E-state index contributed by atoms with van der Waals surface area (Å²) in [5.41, 5.74) is 8.33. The fourth-order valence-electron chi connectivity index (χ4n) is 1.90. The first-order chi connectivity index (χ1) is 9.97. The number of nitrogens with zero attached hydrogens (tertiary/aromatic N) is 1. The number of hydrogen-bond acceptors (Lipinski definition) is 4. The Kier molecular flexibility index (Phi) is 4.70. The molecular weight excluding hydrogens is 288 g/mol. The fraction of sp³-hybridized carbons (Fsp3) is 0.200. The SMILES string of the molecule is Cc1cc(S(=O)CCc2ccc([N+](=O)[O-])cc2)ccc1N. The highest BCUT2D eigenvalue weighted by atomic mass is 32.2. The lowest BCUT2D eigenvalue weighted by atomic mass is 10.1. The van der Waals surface area contributed by atoms with E-state index >= 15 is 0 Å². The number of nitrogens with two attached hydrogens (primary N) is 1. The molecule has 0 bridgehead atoms. The first-order valence-corrected chi connectivity index (χ1v) is 7.77. The van der Waals surface area contributed by atoms with E-state index in [0.29, 0.717) is 17.9 Å². The standard InChI is InChI=1S/C15H16N2O3S/c1-11-10-14(6-7-15(11)16)21(20)9-8-12-2-4-13(5-3-12)17(18)19/h2-7,10H,8-9,16H2,1H3. The van der Waals surface area contributed by atoms with Crippen LogP contribution in [-0.4, -0.2) is 14.9 Å². The van der Waals surface area contributed by atoms with Crippen LogP contribution in [0.4, 0.5) is 11.4 Å². The van der Waals surface area contributed by atoms with Gasteiger partial charge in [-0.2, -0.15) is 0 Å². The quantitative estimate of drug-likeness (QED) is 0.523. The van der Waals surface area contributed by atoms with Crippen LogP contribution < -0.4 is 5.73 Å². The number of anilines is 1. The Balaban J connectivity index is 2.00. The zero-order valence-electron chi connectivity index (χ0n) is 11.6.